The number of hydrogen-bond acceptors (Lipinski definition) is 0. The van der Waals surface area contributed by atoms with Crippen LogP contribution in [0.4, 0.5) is 8.78 Å². The van der Waals surface area contributed by atoms with Crippen LogP contribution in [-0.2, 0) is 12.8 Å². The molecule has 0 heterocycles. The molecular weight excluding hydrogens is 230 g/mol. The third kappa shape index (κ3) is 2.42. The van der Waals surface area contributed by atoms with Crippen molar-refractivity contribution in [1.29, 1.82) is 0 Å². The van der Waals surface area contributed by atoms with E-state index in [2.05, 4.69) is 19.9 Å². The second-order valence-electron chi connectivity index (χ2n) is 4.22. The molecule has 2 aromatic carbocycles. The van der Waals surface area contributed by atoms with Crippen molar-refractivity contribution in [3.05, 3.63) is 59.2 Å². The van der Waals surface area contributed by atoms with E-state index in [0.717, 1.165) is 18.4 Å². The lowest BCUT2D eigenvalue weighted by molar-refractivity contribution is 0.581. The van der Waals surface area contributed by atoms with Gasteiger partial charge in [0.25, 0.3) is 0 Å². The van der Waals surface area contributed by atoms with Crippen LogP contribution in [0.2, 0.25) is 0 Å². The summed E-state index contributed by atoms with van der Waals surface area (Å²) in [5.41, 5.74) is 3.65. The lowest BCUT2D eigenvalue weighted by Gasteiger charge is -2.09. The number of rotatable bonds is 3. The predicted molar refractivity (Wildman–Crippen MR) is 69.4 cm³/mol. The molecule has 18 heavy (non-hydrogen) atoms. The number of halogens is 2. The van der Waals surface area contributed by atoms with E-state index in [1.54, 1.807) is 0 Å². The molecule has 0 aliphatic carbocycles. The van der Waals surface area contributed by atoms with Crippen LogP contribution < -0.4 is 0 Å². The van der Waals surface area contributed by atoms with Crippen molar-refractivity contribution < 1.29 is 8.78 Å². The van der Waals surface area contributed by atoms with Crippen LogP contribution in [0.1, 0.15) is 25.0 Å². The molecule has 2 rings (SSSR count). The lowest BCUT2D eigenvalue weighted by atomic mass is 9.96. The van der Waals surface area contributed by atoms with E-state index in [0.29, 0.717) is 5.56 Å². The fourth-order valence-corrected chi connectivity index (χ4v) is 2.13. The second kappa shape index (κ2) is 5.30. The van der Waals surface area contributed by atoms with Crippen molar-refractivity contribution in [1.82, 2.24) is 0 Å². The summed E-state index contributed by atoms with van der Waals surface area (Å²) in [5, 5.41) is 0. The van der Waals surface area contributed by atoms with E-state index >= 15 is 0 Å². The van der Waals surface area contributed by atoms with Crippen molar-refractivity contribution in [2.75, 3.05) is 0 Å². The highest BCUT2D eigenvalue weighted by molar-refractivity contribution is 5.65. The Morgan fingerprint density at radius 1 is 0.944 bits per heavy atom. The molecule has 1 radical (unpaired) electrons. The number of hydrogen-bond donors (Lipinski definition) is 0. The van der Waals surface area contributed by atoms with Gasteiger partial charge < -0.3 is 0 Å². The molecule has 0 aliphatic rings. The van der Waals surface area contributed by atoms with Crippen LogP contribution in [0, 0.1) is 17.7 Å². The van der Waals surface area contributed by atoms with Gasteiger partial charge in [-0.25, -0.2) is 8.78 Å². The van der Waals surface area contributed by atoms with E-state index in [1.165, 1.54) is 23.3 Å². The molecule has 0 unspecified atom stereocenters. The minimum Gasteiger partial charge on any atom is -0.206 e. The van der Waals surface area contributed by atoms with Crippen molar-refractivity contribution in [2.45, 2.75) is 26.7 Å². The second-order valence-corrected chi connectivity index (χ2v) is 4.22. The SMILES string of the molecule is CCc1ccc(-c2ccc(F)[c]c2F)cc1CC. The van der Waals surface area contributed by atoms with Crippen LogP contribution in [0.15, 0.2) is 30.3 Å². The van der Waals surface area contributed by atoms with Gasteiger partial charge >= 0.3 is 0 Å². The number of aryl methyl sites for hydroxylation is 2. The molecule has 0 atom stereocenters. The van der Waals surface area contributed by atoms with E-state index in [4.69, 9.17) is 0 Å². The van der Waals surface area contributed by atoms with Crippen molar-refractivity contribution in [2.24, 2.45) is 0 Å². The molecule has 0 nitrogen and oxygen atoms in total. The van der Waals surface area contributed by atoms with Gasteiger partial charge in [0, 0.05) is 5.56 Å². The van der Waals surface area contributed by atoms with Crippen LogP contribution in [-0.4, -0.2) is 0 Å². The third-order valence-electron chi connectivity index (χ3n) is 3.14. The Bertz CT molecular complexity index is 559. The first-order chi connectivity index (χ1) is 8.65. The highest BCUT2D eigenvalue weighted by atomic mass is 19.1. The monoisotopic (exact) mass is 245 g/mol. The quantitative estimate of drug-likeness (QED) is 0.743. The molecular formula is C16H15F2. The van der Waals surface area contributed by atoms with Gasteiger partial charge in [0.05, 0.1) is 6.07 Å². The van der Waals surface area contributed by atoms with Crippen LogP contribution in [0.5, 0.6) is 0 Å². The molecule has 0 aliphatic heterocycles. The molecule has 0 N–H and O–H groups in total. The topological polar surface area (TPSA) is 0 Å². The first-order valence-electron chi connectivity index (χ1n) is 6.15. The van der Waals surface area contributed by atoms with E-state index < -0.39 is 11.6 Å². The summed E-state index contributed by atoms with van der Waals surface area (Å²) in [5.74, 6) is -1.31. The summed E-state index contributed by atoms with van der Waals surface area (Å²) in [6, 6.07) is 10.6. The van der Waals surface area contributed by atoms with Gasteiger partial charge in [-0.3, -0.25) is 0 Å². The van der Waals surface area contributed by atoms with Gasteiger partial charge in [0.1, 0.15) is 11.6 Å². The predicted octanol–water partition coefficient (Wildman–Crippen LogP) is 4.56. The molecule has 0 aromatic heterocycles. The van der Waals surface area contributed by atoms with Crippen molar-refractivity contribution >= 4 is 0 Å². The zero-order chi connectivity index (χ0) is 13.1. The Balaban J connectivity index is 2.51. The molecule has 2 aromatic rings. The van der Waals surface area contributed by atoms with E-state index in [9.17, 15) is 8.78 Å². The first kappa shape index (κ1) is 12.7. The average molecular weight is 245 g/mol. The largest absolute Gasteiger partial charge is 0.206 e. The Kier molecular flexibility index (Phi) is 3.75. The standard InChI is InChI=1S/C16H15F2/c1-3-11-5-6-13(9-12(11)4-2)15-8-7-14(17)10-16(15)18/h5-9H,3-4H2,1-2H3. The zero-order valence-electron chi connectivity index (χ0n) is 10.6. The molecule has 0 saturated carbocycles. The van der Waals surface area contributed by atoms with Crippen molar-refractivity contribution in [3.8, 4) is 11.1 Å². The first-order valence-corrected chi connectivity index (χ1v) is 6.15. The summed E-state index contributed by atoms with van der Waals surface area (Å²) >= 11 is 0. The molecule has 0 spiro atoms. The molecule has 0 bridgehead atoms. The normalized spacial score (nSPS) is 10.7. The van der Waals surface area contributed by atoms with Gasteiger partial charge in [-0.15, -0.1) is 0 Å². The Morgan fingerprint density at radius 3 is 2.28 bits per heavy atom. The smallest absolute Gasteiger partial charge is 0.142 e. The van der Waals surface area contributed by atoms with Gasteiger partial charge in [-0.1, -0.05) is 32.0 Å². The van der Waals surface area contributed by atoms with Crippen LogP contribution in [0.25, 0.3) is 11.1 Å². The summed E-state index contributed by atoms with van der Waals surface area (Å²) in [6.07, 6.45) is 1.87. The maximum absolute atomic E-state index is 13.7. The molecule has 0 fully saturated rings. The molecule has 0 amide bonds. The third-order valence-corrected chi connectivity index (χ3v) is 3.14. The Labute approximate surface area is 106 Å². The Hall–Kier alpha value is -1.70. The van der Waals surface area contributed by atoms with Gasteiger partial charge in [-0.05, 0) is 41.7 Å². The number of benzene rings is 2. The maximum Gasteiger partial charge on any atom is 0.142 e. The minimum absolute atomic E-state index is 0.397. The van der Waals surface area contributed by atoms with Crippen LogP contribution >= 0.6 is 0 Å². The highest BCUT2D eigenvalue weighted by Gasteiger charge is 2.08. The zero-order valence-corrected chi connectivity index (χ0v) is 10.6. The van der Waals surface area contributed by atoms with Gasteiger partial charge in [0.15, 0.2) is 0 Å². The fraction of sp³-hybridized carbons (Fsp3) is 0.250. The minimum atomic E-state index is -0.669. The molecule has 0 saturated heterocycles. The summed E-state index contributed by atoms with van der Waals surface area (Å²) in [7, 11) is 0. The molecule has 2 heteroatoms. The van der Waals surface area contributed by atoms with E-state index in [1.807, 2.05) is 18.2 Å². The van der Waals surface area contributed by atoms with E-state index in [-0.39, 0.29) is 0 Å². The summed E-state index contributed by atoms with van der Waals surface area (Å²) in [6.45, 7) is 4.17. The Morgan fingerprint density at radius 2 is 1.67 bits per heavy atom. The van der Waals surface area contributed by atoms with Gasteiger partial charge in [0.2, 0.25) is 0 Å². The fourth-order valence-electron chi connectivity index (χ4n) is 2.13. The van der Waals surface area contributed by atoms with Crippen molar-refractivity contribution in [3.63, 3.8) is 0 Å². The maximum atomic E-state index is 13.7. The lowest BCUT2D eigenvalue weighted by Crippen LogP contribution is -1.93. The highest BCUT2D eigenvalue weighted by Crippen LogP contribution is 2.26. The summed E-state index contributed by atoms with van der Waals surface area (Å²) in [4.78, 5) is 0. The van der Waals surface area contributed by atoms with Gasteiger partial charge in [-0.2, -0.15) is 0 Å². The summed E-state index contributed by atoms with van der Waals surface area (Å²) < 4.78 is 26.5. The molecule has 93 valence electrons. The average Bonchev–Trinajstić information content (AvgIpc) is 2.38. The van der Waals surface area contributed by atoms with Crippen LogP contribution in [0.3, 0.4) is 0 Å².